The maximum atomic E-state index is 12.8. The van der Waals surface area contributed by atoms with Gasteiger partial charge in [0.2, 0.25) is 5.91 Å². The third-order valence-corrected chi connectivity index (χ3v) is 5.59. The van der Waals surface area contributed by atoms with Gasteiger partial charge in [-0.25, -0.2) is 0 Å². The summed E-state index contributed by atoms with van der Waals surface area (Å²) in [4.78, 5) is 42.5. The summed E-state index contributed by atoms with van der Waals surface area (Å²) in [5, 5.41) is 11.5. The first kappa shape index (κ1) is 17.5. The highest BCUT2D eigenvalue weighted by atomic mass is 16.6. The van der Waals surface area contributed by atoms with Crippen LogP contribution in [-0.4, -0.2) is 57.7 Å². The smallest absolute Gasteiger partial charge is 0.270 e. The van der Waals surface area contributed by atoms with E-state index in [9.17, 15) is 19.7 Å². The van der Waals surface area contributed by atoms with E-state index in [0.717, 1.165) is 25.9 Å². The van der Waals surface area contributed by atoms with Crippen LogP contribution in [0.4, 0.5) is 5.69 Å². The number of non-ortho nitro benzene ring substituents is 1. The number of aromatic nitrogens is 1. The van der Waals surface area contributed by atoms with E-state index in [1.165, 1.54) is 12.1 Å². The number of H-pyrrole nitrogens is 1. The summed E-state index contributed by atoms with van der Waals surface area (Å²) in [7, 11) is 0. The van der Waals surface area contributed by atoms with Gasteiger partial charge in [0.15, 0.2) is 0 Å². The van der Waals surface area contributed by atoms with Gasteiger partial charge in [0.05, 0.1) is 4.92 Å². The summed E-state index contributed by atoms with van der Waals surface area (Å²) in [5.41, 5.74) is 1.12. The number of nitro benzene ring substituents is 1. The van der Waals surface area contributed by atoms with Crippen molar-refractivity contribution >= 4 is 28.4 Å². The molecular formula is C19H22N4O4. The van der Waals surface area contributed by atoms with Gasteiger partial charge < -0.3 is 14.8 Å². The molecule has 8 nitrogen and oxygen atoms in total. The van der Waals surface area contributed by atoms with E-state index in [4.69, 9.17) is 0 Å². The number of likely N-dealkylation sites (tertiary alicyclic amines) is 2. The molecule has 2 aliphatic heterocycles. The molecule has 3 heterocycles. The SMILES string of the molecule is O=C(c1cc2cc([N+](=O)[O-])ccc2[nH]1)N1CCC(C(=O)N2CCCC2)CC1. The van der Waals surface area contributed by atoms with Crippen LogP contribution in [0.15, 0.2) is 24.3 Å². The fourth-order valence-corrected chi connectivity index (χ4v) is 4.04. The molecule has 1 aromatic carbocycles. The molecule has 0 saturated carbocycles. The van der Waals surface area contributed by atoms with Gasteiger partial charge in [0.1, 0.15) is 5.69 Å². The Balaban J connectivity index is 1.42. The number of piperidine rings is 1. The summed E-state index contributed by atoms with van der Waals surface area (Å²) in [6.07, 6.45) is 3.54. The van der Waals surface area contributed by atoms with Crippen LogP contribution in [-0.2, 0) is 4.79 Å². The number of nitro groups is 1. The van der Waals surface area contributed by atoms with Crippen LogP contribution < -0.4 is 0 Å². The third kappa shape index (κ3) is 3.39. The molecule has 2 aliphatic rings. The molecule has 2 fully saturated rings. The van der Waals surface area contributed by atoms with E-state index in [2.05, 4.69) is 4.98 Å². The fraction of sp³-hybridized carbons (Fsp3) is 0.474. The lowest BCUT2D eigenvalue weighted by Crippen LogP contribution is -2.43. The zero-order valence-corrected chi connectivity index (χ0v) is 15.0. The predicted octanol–water partition coefficient (Wildman–Crippen LogP) is 2.55. The number of rotatable bonds is 3. The Morgan fingerprint density at radius 3 is 2.41 bits per heavy atom. The minimum Gasteiger partial charge on any atom is -0.351 e. The summed E-state index contributed by atoms with van der Waals surface area (Å²) in [6, 6.07) is 6.16. The molecule has 142 valence electrons. The number of nitrogens with zero attached hydrogens (tertiary/aromatic N) is 3. The fourth-order valence-electron chi connectivity index (χ4n) is 4.04. The zero-order valence-electron chi connectivity index (χ0n) is 15.0. The van der Waals surface area contributed by atoms with E-state index in [1.54, 1.807) is 17.0 Å². The molecule has 0 aliphatic carbocycles. The first-order valence-corrected chi connectivity index (χ1v) is 9.38. The Kier molecular flexibility index (Phi) is 4.55. The number of benzene rings is 1. The molecule has 2 amide bonds. The molecule has 4 rings (SSSR count). The van der Waals surface area contributed by atoms with E-state index in [-0.39, 0.29) is 23.4 Å². The van der Waals surface area contributed by atoms with E-state index in [1.807, 2.05) is 4.90 Å². The van der Waals surface area contributed by atoms with Crippen molar-refractivity contribution in [3.05, 3.63) is 40.1 Å². The molecule has 0 bridgehead atoms. The second-order valence-electron chi connectivity index (χ2n) is 7.31. The van der Waals surface area contributed by atoms with Crippen LogP contribution in [0.25, 0.3) is 10.9 Å². The molecule has 2 saturated heterocycles. The van der Waals surface area contributed by atoms with Gasteiger partial charge in [-0.2, -0.15) is 0 Å². The van der Waals surface area contributed by atoms with Crippen molar-refractivity contribution < 1.29 is 14.5 Å². The highest BCUT2D eigenvalue weighted by Crippen LogP contribution is 2.25. The Hall–Kier alpha value is -2.90. The summed E-state index contributed by atoms with van der Waals surface area (Å²) in [6.45, 7) is 2.83. The number of fused-ring (bicyclic) bond motifs is 1. The van der Waals surface area contributed by atoms with Crippen molar-refractivity contribution in [1.29, 1.82) is 0 Å². The maximum Gasteiger partial charge on any atom is 0.270 e. The maximum absolute atomic E-state index is 12.8. The summed E-state index contributed by atoms with van der Waals surface area (Å²) in [5.74, 6) is 0.121. The van der Waals surface area contributed by atoms with Crippen LogP contribution in [0.1, 0.15) is 36.2 Å². The van der Waals surface area contributed by atoms with Crippen molar-refractivity contribution in [2.24, 2.45) is 5.92 Å². The second-order valence-corrected chi connectivity index (χ2v) is 7.31. The van der Waals surface area contributed by atoms with Crippen LogP contribution in [0.3, 0.4) is 0 Å². The van der Waals surface area contributed by atoms with Gasteiger partial charge in [-0.15, -0.1) is 0 Å². The zero-order chi connectivity index (χ0) is 19.0. The normalized spacial score (nSPS) is 18.2. The minimum absolute atomic E-state index is 0.00161. The van der Waals surface area contributed by atoms with Crippen molar-refractivity contribution in [2.45, 2.75) is 25.7 Å². The standard InChI is InChI=1S/C19H22N4O4/c24-18(21-7-1-2-8-21)13-5-9-22(10-6-13)19(25)17-12-14-11-15(23(26)27)3-4-16(14)20-17/h3-4,11-13,20H,1-2,5-10H2. The molecule has 2 aromatic rings. The van der Waals surface area contributed by atoms with Crippen LogP contribution in [0, 0.1) is 16.0 Å². The van der Waals surface area contributed by atoms with Crippen molar-refractivity contribution in [1.82, 2.24) is 14.8 Å². The first-order valence-electron chi connectivity index (χ1n) is 9.38. The van der Waals surface area contributed by atoms with Crippen LogP contribution >= 0.6 is 0 Å². The lowest BCUT2D eigenvalue weighted by atomic mass is 9.95. The average Bonchev–Trinajstić information content (AvgIpc) is 3.36. The minimum atomic E-state index is -0.448. The Morgan fingerprint density at radius 2 is 1.74 bits per heavy atom. The lowest BCUT2D eigenvalue weighted by Gasteiger charge is -2.33. The molecule has 0 radical (unpaired) electrons. The Labute approximate surface area is 156 Å². The van der Waals surface area contributed by atoms with Gasteiger partial charge in [-0.1, -0.05) is 0 Å². The lowest BCUT2D eigenvalue weighted by molar-refractivity contribution is -0.384. The van der Waals surface area contributed by atoms with Gasteiger partial charge in [-0.3, -0.25) is 19.7 Å². The van der Waals surface area contributed by atoms with Gasteiger partial charge >= 0.3 is 0 Å². The topological polar surface area (TPSA) is 99.5 Å². The average molecular weight is 370 g/mol. The van der Waals surface area contributed by atoms with E-state index < -0.39 is 4.92 Å². The second kappa shape index (κ2) is 7.02. The Bertz CT molecular complexity index is 892. The van der Waals surface area contributed by atoms with Gasteiger partial charge in [0.25, 0.3) is 11.6 Å². The monoisotopic (exact) mass is 370 g/mol. The van der Waals surface area contributed by atoms with Crippen LogP contribution in [0.2, 0.25) is 0 Å². The quantitative estimate of drug-likeness (QED) is 0.663. The van der Waals surface area contributed by atoms with E-state index >= 15 is 0 Å². The van der Waals surface area contributed by atoms with Gasteiger partial charge in [-0.05, 0) is 37.8 Å². The molecule has 0 atom stereocenters. The summed E-state index contributed by atoms with van der Waals surface area (Å²) >= 11 is 0. The number of nitrogens with one attached hydrogen (secondary N) is 1. The number of aromatic amines is 1. The van der Waals surface area contributed by atoms with Crippen molar-refractivity contribution in [3.8, 4) is 0 Å². The molecule has 8 heteroatoms. The Morgan fingerprint density at radius 1 is 1.04 bits per heavy atom. The number of hydrogen-bond acceptors (Lipinski definition) is 4. The summed E-state index contributed by atoms with van der Waals surface area (Å²) < 4.78 is 0. The molecular weight excluding hydrogens is 348 g/mol. The third-order valence-electron chi connectivity index (χ3n) is 5.59. The molecule has 1 N–H and O–H groups in total. The van der Waals surface area contributed by atoms with Crippen molar-refractivity contribution in [3.63, 3.8) is 0 Å². The molecule has 0 spiro atoms. The largest absolute Gasteiger partial charge is 0.351 e. The number of carbonyl (C=O) groups excluding carboxylic acids is 2. The number of carbonyl (C=O) groups is 2. The highest BCUT2D eigenvalue weighted by molar-refractivity contribution is 5.98. The molecule has 1 aromatic heterocycles. The highest BCUT2D eigenvalue weighted by Gasteiger charge is 2.31. The van der Waals surface area contributed by atoms with Crippen LogP contribution in [0.5, 0.6) is 0 Å². The van der Waals surface area contributed by atoms with Gasteiger partial charge in [0, 0.05) is 55.1 Å². The van der Waals surface area contributed by atoms with E-state index in [0.29, 0.717) is 42.5 Å². The number of amides is 2. The predicted molar refractivity (Wildman–Crippen MR) is 99.4 cm³/mol. The molecule has 0 unspecified atom stereocenters. The first-order chi connectivity index (χ1) is 13.0. The molecule has 27 heavy (non-hydrogen) atoms. The number of hydrogen-bond donors (Lipinski definition) is 1. The van der Waals surface area contributed by atoms with Crippen molar-refractivity contribution in [2.75, 3.05) is 26.2 Å².